The molecular formula is C12H14N4O2. The number of hydrogen-bond donors (Lipinski definition) is 3. The van der Waals surface area contributed by atoms with Crippen molar-refractivity contribution in [2.24, 2.45) is 7.05 Å². The van der Waals surface area contributed by atoms with E-state index in [0.29, 0.717) is 6.54 Å². The molecule has 0 radical (unpaired) electrons. The number of rotatable bonds is 3. The number of anilines is 1. The quantitative estimate of drug-likeness (QED) is 0.547. The van der Waals surface area contributed by atoms with E-state index in [1.165, 1.54) is 12.1 Å². The first-order valence-corrected chi connectivity index (χ1v) is 5.42. The summed E-state index contributed by atoms with van der Waals surface area (Å²) in [5, 5.41) is 16.4. The van der Waals surface area contributed by atoms with Gasteiger partial charge >= 0.3 is 0 Å². The van der Waals surface area contributed by atoms with E-state index in [1.54, 1.807) is 30.1 Å². The largest absolute Gasteiger partial charge is 0.505 e. The molecule has 0 unspecified atom stereocenters. The number of phenolic OH excluding ortho intramolecular Hbond substituents is 1. The van der Waals surface area contributed by atoms with Gasteiger partial charge in [-0.05, 0) is 18.2 Å². The number of para-hydroxylation sites is 1. The van der Waals surface area contributed by atoms with Crippen LogP contribution < -0.4 is 11.1 Å². The fourth-order valence-electron chi connectivity index (χ4n) is 1.59. The van der Waals surface area contributed by atoms with Gasteiger partial charge in [0, 0.05) is 13.2 Å². The molecule has 0 bridgehead atoms. The fraction of sp³-hybridized carbons (Fsp3) is 0.167. The van der Waals surface area contributed by atoms with E-state index < -0.39 is 0 Å². The van der Waals surface area contributed by atoms with E-state index in [4.69, 9.17) is 5.73 Å². The van der Waals surface area contributed by atoms with Gasteiger partial charge in [0.1, 0.15) is 0 Å². The highest BCUT2D eigenvalue weighted by molar-refractivity contribution is 5.98. The highest BCUT2D eigenvalue weighted by Gasteiger charge is 2.12. The average molecular weight is 246 g/mol. The molecule has 18 heavy (non-hydrogen) atoms. The Kier molecular flexibility index (Phi) is 3.18. The van der Waals surface area contributed by atoms with Crippen LogP contribution >= 0.6 is 0 Å². The molecule has 2 aromatic rings. The third-order valence-corrected chi connectivity index (χ3v) is 2.66. The lowest BCUT2D eigenvalue weighted by molar-refractivity contribution is 0.0947. The minimum atomic E-state index is -0.374. The number of nitrogens with two attached hydrogens (primary N) is 1. The molecule has 0 fully saturated rings. The topological polar surface area (TPSA) is 93.2 Å². The third-order valence-electron chi connectivity index (χ3n) is 2.66. The second kappa shape index (κ2) is 4.79. The van der Waals surface area contributed by atoms with Crippen LogP contribution in [0.3, 0.4) is 0 Å². The number of nitrogen functional groups attached to an aromatic ring is 1. The standard InChI is InChI=1S/C12H14N4O2/c1-16-8(5-6-15-16)7-14-12(18)9-3-2-4-10(13)11(9)17/h2-6,17H,7,13H2,1H3,(H,14,18). The number of amides is 1. The number of aromatic hydroxyl groups is 1. The average Bonchev–Trinajstić information content (AvgIpc) is 2.75. The number of aryl methyl sites for hydroxylation is 1. The minimum Gasteiger partial charge on any atom is -0.505 e. The van der Waals surface area contributed by atoms with Crippen molar-refractivity contribution in [1.29, 1.82) is 0 Å². The van der Waals surface area contributed by atoms with Crippen LogP contribution in [0.15, 0.2) is 30.5 Å². The van der Waals surface area contributed by atoms with Crippen LogP contribution in [0.25, 0.3) is 0 Å². The summed E-state index contributed by atoms with van der Waals surface area (Å²) in [6.45, 7) is 0.337. The first kappa shape index (κ1) is 12.0. The predicted octanol–water partition coefficient (Wildman–Crippen LogP) is 0.638. The summed E-state index contributed by atoms with van der Waals surface area (Å²) in [6.07, 6.45) is 1.65. The molecule has 1 aromatic heterocycles. The fourth-order valence-corrected chi connectivity index (χ4v) is 1.59. The van der Waals surface area contributed by atoms with Gasteiger partial charge in [-0.1, -0.05) is 6.07 Å². The summed E-state index contributed by atoms with van der Waals surface area (Å²) in [7, 11) is 1.79. The van der Waals surface area contributed by atoms with Crippen molar-refractivity contribution in [3.63, 3.8) is 0 Å². The predicted molar refractivity (Wildman–Crippen MR) is 66.9 cm³/mol. The molecule has 6 nitrogen and oxygen atoms in total. The number of carbonyl (C=O) groups excluding carboxylic acids is 1. The highest BCUT2D eigenvalue weighted by Crippen LogP contribution is 2.24. The lowest BCUT2D eigenvalue weighted by Gasteiger charge is -2.08. The van der Waals surface area contributed by atoms with Gasteiger partial charge in [0.05, 0.1) is 23.5 Å². The molecule has 1 amide bonds. The number of benzene rings is 1. The molecule has 0 atom stereocenters. The second-order valence-electron chi connectivity index (χ2n) is 3.87. The van der Waals surface area contributed by atoms with Gasteiger partial charge in [0.25, 0.3) is 5.91 Å². The van der Waals surface area contributed by atoms with E-state index in [-0.39, 0.29) is 22.9 Å². The van der Waals surface area contributed by atoms with Gasteiger partial charge in [-0.15, -0.1) is 0 Å². The third kappa shape index (κ3) is 2.27. The Bertz CT molecular complexity index is 577. The lowest BCUT2D eigenvalue weighted by Crippen LogP contribution is -2.24. The zero-order valence-corrected chi connectivity index (χ0v) is 9.92. The van der Waals surface area contributed by atoms with Crippen molar-refractivity contribution in [2.45, 2.75) is 6.54 Å². The van der Waals surface area contributed by atoms with Crippen molar-refractivity contribution in [2.75, 3.05) is 5.73 Å². The Morgan fingerprint density at radius 2 is 2.28 bits per heavy atom. The molecule has 0 saturated heterocycles. The monoisotopic (exact) mass is 246 g/mol. The van der Waals surface area contributed by atoms with Crippen LogP contribution in [0.4, 0.5) is 5.69 Å². The summed E-state index contributed by atoms with van der Waals surface area (Å²) >= 11 is 0. The van der Waals surface area contributed by atoms with Crippen LogP contribution in [0.1, 0.15) is 16.1 Å². The summed E-state index contributed by atoms with van der Waals surface area (Å²) in [4.78, 5) is 11.9. The summed E-state index contributed by atoms with van der Waals surface area (Å²) in [6, 6.07) is 6.48. The zero-order chi connectivity index (χ0) is 13.1. The molecule has 94 valence electrons. The molecular weight excluding hydrogens is 232 g/mol. The van der Waals surface area contributed by atoms with Gasteiger partial charge in [0.15, 0.2) is 5.75 Å². The van der Waals surface area contributed by atoms with Crippen LogP contribution in [0, 0.1) is 0 Å². The molecule has 0 aliphatic rings. The SMILES string of the molecule is Cn1nccc1CNC(=O)c1cccc(N)c1O. The van der Waals surface area contributed by atoms with E-state index in [9.17, 15) is 9.90 Å². The number of phenols is 1. The number of hydrogen-bond acceptors (Lipinski definition) is 4. The van der Waals surface area contributed by atoms with Crippen molar-refractivity contribution in [3.05, 3.63) is 41.7 Å². The maximum Gasteiger partial charge on any atom is 0.255 e. The van der Waals surface area contributed by atoms with Crippen LogP contribution in [-0.2, 0) is 13.6 Å². The maximum absolute atomic E-state index is 11.9. The number of nitrogens with one attached hydrogen (secondary N) is 1. The lowest BCUT2D eigenvalue weighted by atomic mass is 10.1. The molecule has 0 spiro atoms. The Balaban J connectivity index is 2.09. The smallest absolute Gasteiger partial charge is 0.255 e. The molecule has 0 aliphatic carbocycles. The molecule has 0 saturated carbocycles. The maximum atomic E-state index is 11.9. The second-order valence-corrected chi connectivity index (χ2v) is 3.87. The Morgan fingerprint density at radius 1 is 1.50 bits per heavy atom. The van der Waals surface area contributed by atoms with Crippen molar-refractivity contribution in [1.82, 2.24) is 15.1 Å². The molecule has 0 aliphatic heterocycles. The van der Waals surface area contributed by atoms with E-state index >= 15 is 0 Å². The van der Waals surface area contributed by atoms with Crippen LogP contribution in [0.5, 0.6) is 5.75 Å². The minimum absolute atomic E-state index is 0.164. The van der Waals surface area contributed by atoms with Gasteiger partial charge in [-0.25, -0.2) is 0 Å². The van der Waals surface area contributed by atoms with Crippen molar-refractivity contribution < 1.29 is 9.90 Å². The first-order chi connectivity index (χ1) is 8.59. The van der Waals surface area contributed by atoms with E-state index in [1.807, 2.05) is 0 Å². The first-order valence-electron chi connectivity index (χ1n) is 5.42. The zero-order valence-electron chi connectivity index (χ0n) is 9.92. The molecule has 4 N–H and O–H groups in total. The van der Waals surface area contributed by atoms with Crippen molar-refractivity contribution >= 4 is 11.6 Å². The molecule has 6 heteroatoms. The Hall–Kier alpha value is -2.50. The van der Waals surface area contributed by atoms with Gasteiger partial charge in [-0.2, -0.15) is 5.10 Å². The number of aromatic nitrogens is 2. The summed E-state index contributed by atoms with van der Waals surface area (Å²) in [5.74, 6) is -0.569. The number of carbonyl (C=O) groups is 1. The Labute approximate surface area is 104 Å². The van der Waals surface area contributed by atoms with E-state index in [0.717, 1.165) is 5.69 Å². The van der Waals surface area contributed by atoms with Crippen LogP contribution in [-0.4, -0.2) is 20.8 Å². The normalized spacial score (nSPS) is 10.3. The summed E-state index contributed by atoms with van der Waals surface area (Å²) in [5.41, 5.74) is 6.74. The Morgan fingerprint density at radius 3 is 2.94 bits per heavy atom. The molecule has 2 rings (SSSR count). The van der Waals surface area contributed by atoms with Gasteiger partial charge in [0.2, 0.25) is 0 Å². The van der Waals surface area contributed by atoms with E-state index in [2.05, 4.69) is 10.4 Å². The number of nitrogens with zero attached hydrogens (tertiary/aromatic N) is 2. The highest BCUT2D eigenvalue weighted by atomic mass is 16.3. The summed E-state index contributed by atoms with van der Waals surface area (Å²) < 4.78 is 1.67. The van der Waals surface area contributed by atoms with Gasteiger partial charge < -0.3 is 16.2 Å². The van der Waals surface area contributed by atoms with Crippen molar-refractivity contribution in [3.8, 4) is 5.75 Å². The van der Waals surface area contributed by atoms with Crippen LogP contribution in [0.2, 0.25) is 0 Å². The molecule has 1 aromatic carbocycles. The molecule has 1 heterocycles. The van der Waals surface area contributed by atoms with Gasteiger partial charge in [-0.3, -0.25) is 9.48 Å².